The number of H-pyrrole nitrogens is 1. The number of nitrogens with one attached hydrogen (secondary N) is 1. The molecule has 100 valence electrons. The van der Waals surface area contributed by atoms with Crippen molar-refractivity contribution in [2.24, 2.45) is 0 Å². The number of hydrogen-bond donors (Lipinski definition) is 1. The van der Waals surface area contributed by atoms with Crippen LogP contribution in [0.3, 0.4) is 0 Å². The Morgan fingerprint density at radius 3 is 2.45 bits per heavy atom. The first-order valence-corrected chi connectivity index (χ1v) is 6.49. The second kappa shape index (κ2) is 4.64. The van der Waals surface area contributed by atoms with Crippen molar-refractivity contribution < 1.29 is 13.6 Å². The lowest BCUT2D eigenvalue weighted by Crippen LogP contribution is -2.02. The number of benzene rings is 2. The number of carbonyl (C=O) groups excluding carboxylic acids is 1. The van der Waals surface area contributed by atoms with Gasteiger partial charge in [-0.3, -0.25) is 9.59 Å². The molecular weight excluding hydrogens is 284 g/mol. The van der Waals surface area contributed by atoms with Crippen LogP contribution < -0.4 is 4.87 Å². The second-order valence-electron chi connectivity index (χ2n) is 4.18. The largest absolute Gasteiger partial charge is 0.312 e. The van der Waals surface area contributed by atoms with E-state index in [1.54, 1.807) is 12.1 Å². The van der Waals surface area contributed by atoms with Crippen LogP contribution in [-0.2, 0) is 0 Å². The van der Waals surface area contributed by atoms with Crippen LogP contribution in [0, 0.1) is 11.6 Å². The van der Waals surface area contributed by atoms with Gasteiger partial charge in [0.15, 0.2) is 17.4 Å². The fourth-order valence-corrected chi connectivity index (χ4v) is 2.67. The molecule has 0 aliphatic rings. The maximum atomic E-state index is 13.1. The van der Waals surface area contributed by atoms with E-state index in [0.717, 1.165) is 23.5 Å². The molecule has 1 N–H and O–H groups in total. The number of ketones is 1. The average molecular weight is 291 g/mol. The molecule has 2 aromatic carbocycles. The second-order valence-corrected chi connectivity index (χ2v) is 5.20. The van der Waals surface area contributed by atoms with Crippen molar-refractivity contribution in [1.82, 2.24) is 4.98 Å². The minimum atomic E-state index is -1.07. The Hall–Kier alpha value is -2.34. The number of carbonyl (C=O) groups is 1. The van der Waals surface area contributed by atoms with Gasteiger partial charge in [-0.2, -0.15) is 0 Å². The van der Waals surface area contributed by atoms with Crippen LogP contribution in [0.15, 0.2) is 41.2 Å². The number of fused-ring (bicyclic) bond motifs is 1. The highest BCUT2D eigenvalue weighted by Gasteiger charge is 2.13. The summed E-state index contributed by atoms with van der Waals surface area (Å²) in [5.74, 6) is -2.49. The summed E-state index contributed by atoms with van der Waals surface area (Å²) in [5, 5.41) is 0. The predicted octanol–water partition coefficient (Wildman–Crippen LogP) is 3.10. The minimum Gasteiger partial charge on any atom is -0.312 e. The summed E-state index contributed by atoms with van der Waals surface area (Å²) in [6.45, 7) is 0. The fraction of sp³-hybridized carbons (Fsp3) is 0. The minimum absolute atomic E-state index is 0.0612. The van der Waals surface area contributed by atoms with E-state index in [2.05, 4.69) is 4.98 Å². The van der Waals surface area contributed by atoms with E-state index in [-0.39, 0.29) is 10.4 Å². The van der Waals surface area contributed by atoms with Crippen molar-refractivity contribution in [3.05, 3.63) is 68.8 Å². The highest BCUT2D eigenvalue weighted by Crippen LogP contribution is 2.19. The summed E-state index contributed by atoms with van der Waals surface area (Å²) < 4.78 is 26.6. The van der Waals surface area contributed by atoms with Gasteiger partial charge in [-0.25, -0.2) is 8.78 Å². The Kier molecular flexibility index (Phi) is 2.94. The molecule has 1 heterocycles. The maximum absolute atomic E-state index is 13.1. The number of aromatic amines is 1. The molecule has 0 bridgehead atoms. The van der Waals surface area contributed by atoms with Crippen LogP contribution in [0.5, 0.6) is 0 Å². The van der Waals surface area contributed by atoms with Crippen molar-refractivity contribution in [2.45, 2.75) is 0 Å². The highest BCUT2D eigenvalue weighted by molar-refractivity contribution is 7.16. The molecule has 20 heavy (non-hydrogen) atoms. The van der Waals surface area contributed by atoms with Crippen LogP contribution in [0.25, 0.3) is 10.2 Å². The average Bonchev–Trinajstić information content (AvgIpc) is 2.80. The predicted molar refractivity (Wildman–Crippen MR) is 72.2 cm³/mol. The molecule has 1 aromatic heterocycles. The molecule has 0 saturated carbocycles. The van der Waals surface area contributed by atoms with Gasteiger partial charge in [-0.1, -0.05) is 11.3 Å². The molecule has 0 atom stereocenters. The van der Waals surface area contributed by atoms with Gasteiger partial charge in [0.05, 0.1) is 10.2 Å². The first-order chi connectivity index (χ1) is 9.54. The standard InChI is InChI=1S/C14H7F2NO2S/c15-9-3-1-7(5-10(9)16)13(18)8-2-4-11-12(6-8)20-14(19)17-11/h1-6H,(H,17,19). The summed E-state index contributed by atoms with van der Waals surface area (Å²) >= 11 is 0.987. The van der Waals surface area contributed by atoms with Crippen LogP contribution in [-0.4, -0.2) is 10.8 Å². The van der Waals surface area contributed by atoms with Gasteiger partial charge in [0.2, 0.25) is 0 Å². The van der Waals surface area contributed by atoms with E-state index in [1.807, 2.05) is 0 Å². The van der Waals surface area contributed by atoms with Gasteiger partial charge in [-0.15, -0.1) is 0 Å². The summed E-state index contributed by atoms with van der Waals surface area (Å²) in [6, 6.07) is 7.71. The first-order valence-electron chi connectivity index (χ1n) is 5.67. The Morgan fingerprint density at radius 1 is 1.00 bits per heavy atom. The van der Waals surface area contributed by atoms with Crippen molar-refractivity contribution in [1.29, 1.82) is 0 Å². The van der Waals surface area contributed by atoms with Gasteiger partial charge in [0, 0.05) is 11.1 Å². The SMILES string of the molecule is O=C(c1ccc(F)c(F)c1)c1ccc2[nH]c(=O)sc2c1. The fourth-order valence-electron chi connectivity index (χ4n) is 1.89. The number of aromatic nitrogens is 1. The third-order valence-electron chi connectivity index (χ3n) is 2.86. The molecule has 0 saturated heterocycles. The molecule has 0 fully saturated rings. The smallest absolute Gasteiger partial charge is 0.305 e. The molecule has 0 radical (unpaired) electrons. The Balaban J connectivity index is 2.07. The summed E-state index contributed by atoms with van der Waals surface area (Å²) in [6.07, 6.45) is 0. The van der Waals surface area contributed by atoms with Crippen LogP contribution >= 0.6 is 11.3 Å². The van der Waals surface area contributed by atoms with Crippen molar-refractivity contribution >= 4 is 27.3 Å². The number of hydrogen-bond acceptors (Lipinski definition) is 3. The zero-order valence-corrected chi connectivity index (χ0v) is 10.8. The monoisotopic (exact) mass is 291 g/mol. The molecule has 0 amide bonds. The Labute approximate surface area is 115 Å². The zero-order valence-electron chi connectivity index (χ0n) is 9.94. The normalized spacial score (nSPS) is 10.9. The van der Waals surface area contributed by atoms with Crippen LogP contribution in [0.2, 0.25) is 0 Å². The van der Waals surface area contributed by atoms with E-state index < -0.39 is 17.4 Å². The number of halogens is 2. The molecule has 3 nitrogen and oxygen atoms in total. The van der Waals surface area contributed by atoms with Gasteiger partial charge in [0.25, 0.3) is 0 Å². The summed E-state index contributed by atoms with van der Waals surface area (Å²) in [4.78, 5) is 25.8. The number of thiazole rings is 1. The lowest BCUT2D eigenvalue weighted by Gasteiger charge is -2.02. The van der Waals surface area contributed by atoms with Gasteiger partial charge < -0.3 is 4.98 Å². The highest BCUT2D eigenvalue weighted by atomic mass is 32.1. The van der Waals surface area contributed by atoms with Crippen LogP contribution in [0.1, 0.15) is 15.9 Å². The molecule has 0 aliphatic heterocycles. The first kappa shape index (κ1) is 12.7. The topological polar surface area (TPSA) is 49.9 Å². The van der Waals surface area contributed by atoms with Crippen molar-refractivity contribution in [2.75, 3.05) is 0 Å². The van der Waals surface area contributed by atoms with Gasteiger partial charge in [-0.05, 0) is 36.4 Å². The van der Waals surface area contributed by atoms with Crippen molar-refractivity contribution in [3.8, 4) is 0 Å². The van der Waals surface area contributed by atoms with E-state index in [4.69, 9.17) is 0 Å². The zero-order chi connectivity index (χ0) is 14.3. The van der Waals surface area contributed by atoms with Gasteiger partial charge in [0.1, 0.15) is 0 Å². The Bertz CT molecular complexity index is 882. The molecule has 3 rings (SSSR count). The number of rotatable bonds is 2. The van der Waals surface area contributed by atoms with E-state index in [0.29, 0.717) is 15.8 Å². The van der Waals surface area contributed by atoms with E-state index in [9.17, 15) is 18.4 Å². The van der Waals surface area contributed by atoms with Crippen LogP contribution in [0.4, 0.5) is 8.78 Å². The van der Waals surface area contributed by atoms with Gasteiger partial charge >= 0.3 is 4.87 Å². The molecule has 0 unspecified atom stereocenters. The lowest BCUT2D eigenvalue weighted by molar-refractivity contribution is 0.103. The Morgan fingerprint density at radius 2 is 1.70 bits per heavy atom. The lowest BCUT2D eigenvalue weighted by atomic mass is 10.0. The maximum Gasteiger partial charge on any atom is 0.305 e. The molecule has 6 heteroatoms. The van der Waals surface area contributed by atoms with E-state index in [1.165, 1.54) is 12.1 Å². The quantitative estimate of drug-likeness (QED) is 0.738. The summed E-state index contributed by atoms with van der Waals surface area (Å²) in [7, 11) is 0. The summed E-state index contributed by atoms with van der Waals surface area (Å²) in [5.41, 5.74) is 1.02. The third-order valence-corrected chi connectivity index (χ3v) is 3.71. The molecule has 0 aliphatic carbocycles. The van der Waals surface area contributed by atoms with E-state index >= 15 is 0 Å². The molecule has 3 aromatic rings. The third kappa shape index (κ3) is 2.14. The molecule has 0 spiro atoms. The molecular formula is C14H7F2NO2S. The van der Waals surface area contributed by atoms with Crippen molar-refractivity contribution in [3.63, 3.8) is 0 Å².